The van der Waals surface area contributed by atoms with E-state index in [1.807, 2.05) is 0 Å². The van der Waals surface area contributed by atoms with E-state index < -0.39 is 16.7 Å². The zero-order valence-corrected chi connectivity index (χ0v) is 14.9. The highest BCUT2D eigenvalue weighted by atomic mass is 35.5. The second kappa shape index (κ2) is 7.42. The summed E-state index contributed by atoms with van der Waals surface area (Å²) in [6.07, 6.45) is 0. The maximum atomic E-state index is 12.1. The molecule has 0 aliphatic carbocycles. The molecular weight excluding hydrogens is 374 g/mol. The highest BCUT2D eigenvalue weighted by Crippen LogP contribution is 2.21. The normalized spacial score (nSPS) is 10.6. The van der Waals surface area contributed by atoms with Gasteiger partial charge in [-0.15, -0.1) is 0 Å². The summed E-state index contributed by atoms with van der Waals surface area (Å²) >= 11 is 5.93. The van der Waals surface area contributed by atoms with Gasteiger partial charge in [0, 0.05) is 29.8 Å². The van der Waals surface area contributed by atoms with E-state index in [0.29, 0.717) is 16.5 Å². The van der Waals surface area contributed by atoms with Gasteiger partial charge >= 0.3 is 0 Å². The Morgan fingerprint density at radius 3 is 2.78 bits per heavy atom. The molecule has 0 saturated carbocycles. The molecular formula is C17H14ClN5O4. The van der Waals surface area contributed by atoms with Gasteiger partial charge in [-0.2, -0.15) is 0 Å². The molecule has 0 aliphatic heterocycles. The van der Waals surface area contributed by atoms with E-state index in [1.165, 1.54) is 18.2 Å². The fraction of sp³-hybridized carbons (Fsp3) is 0.118. The number of aryl methyl sites for hydroxylation is 1. The Kier molecular flexibility index (Phi) is 5.04. The van der Waals surface area contributed by atoms with E-state index in [9.17, 15) is 19.7 Å². The molecule has 0 bridgehead atoms. The summed E-state index contributed by atoms with van der Waals surface area (Å²) in [6, 6.07) is 10.4. The van der Waals surface area contributed by atoms with Gasteiger partial charge in [-0.3, -0.25) is 25.0 Å². The molecule has 2 amide bonds. The number of nitro groups is 1. The minimum absolute atomic E-state index is 0.0920. The van der Waals surface area contributed by atoms with E-state index in [2.05, 4.69) is 15.6 Å². The number of anilines is 1. The lowest BCUT2D eigenvalue weighted by Crippen LogP contribution is -2.33. The van der Waals surface area contributed by atoms with Crippen LogP contribution in [0.3, 0.4) is 0 Å². The second-order valence-corrected chi connectivity index (χ2v) is 6.10. The first-order valence-corrected chi connectivity index (χ1v) is 8.17. The van der Waals surface area contributed by atoms with Crippen LogP contribution in [0.1, 0.15) is 10.4 Å². The van der Waals surface area contributed by atoms with Crippen LogP contribution in [-0.4, -0.2) is 32.8 Å². The fourth-order valence-electron chi connectivity index (χ4n) is 2.48. The van der Waals surface area contributed by atoms with Crippen LogP contribution in [-0.2, 0) is 11.8 Å². The number of carbonyl (C=O) groups is 2. The summed E-state index contributed by atoms with van der Waals surface area (Å²) in [5.41, 5.74) is 1.30. The highest BCUT2D eigenvalue weighted by Gasteiger charge is 2.14. The fourth-order valence-corrected chi connectivity index (χ4v) is 2.64. The Morgan fingerprint density at radius 2 is 2.04 bits per heavy atom. The van der Waals surface area contributed by atoms with Crippen molar-refractivity contribution in [3.63, 3.8) is 0 Å². The number of rotatable bonds is 5. The minimum atomic E-state index is -0.596. The Balaban J connectivity index is 1.65. The molecule has 27 heavy (non-hydrogen) atoms. The standard InChI is InChI=1S/C17H14ClN5O4/c1-22-14-6-5-11(18)8-13(14)20-17(22)21-15(24)9-19-16(25)10-3-2-4-12(7-10)23(26)27/h2-8H,9H2,1H3,(H,19,25)(H,20,21,24). The molecule has 10 heteroatoms. The van der Waals surface area contributed by atoms with Crippen molar-refractivity contribution in [2.45, 2.75) is 0 Å². The van der Waals surface area contributed by atoms with Crippen LogP contribution in [0.25, 0.3) is 11.0 Å². The summed E-state index contributed by atoms with van der Waals surface area (Å²) in [5.74, 6) is -0.772. The van der Waals surface area contributed by atoms with Crippen LogP contribution in [0.15, 0.2) is 42.5 Å². The molecule has 0 atom stereocenters. The Hall–Kier alpha value is -3.46. The summed E-state index contributed by atoms with van der Waals surface area (Å²) < 4.78 is 1.69. The van der Waals surface area contributed by atoms with Crippen LogP contribution in [0, 0.1) is 10.1 Å². The number of nitro benzene ring substituents is 1. The third-order valence-electron chi connectivity index (χ3n) is 3.82. The van der Waals surface area contributed by atoms with Gasteiger partial charge in [-0.1, -0.05) is 17.7 Å². The van der Waals surface area contributed by atoms with Crippen molar-refractivity contribution >= 4 is 46.1 Å². The van der Waals surface area contributed by atoms with E-state index >= 15 is 0 Å². The lowest BCUT2D eigenvalue weighted by Gasteiger charge is -2.07. The number of carbonyl (C=O) groups excluding carboxylic acids is 2. The number of amides is 2. The van der Waals surface area contributed by atoms with E-state index in [0.717, 1.165) is 11.6 Å². The monoisotopic (exact) mass is 387 g/mol. The summed E-state index contributed by atoms with van der Waals surface area (Å²) in [7, 11) is 1.74. The van der Waals surface area contributed by atoms with Crippen molar-refractivity contribution < 1.29 is 14.5 Å². The number of non-ortho nitro benzene ring substituents is 1. The number of hydrogen-bond donors (Lipinski definition) is 2. The average Bonchev–Trinajstić information content (AvgIpc) is 2.94. The van der Waals surface area contributed by atoms with Crippen LogP contribution in [0.2, 0.25) is 5.02 Å². The lowest BCUT2D eigenvalue weighted by atomic mass is 10.2. The van der Waals surface area contributed by atoms with Gasteiger partial charge in [0.15, 0.2) is 0 Å². The van der Waals surface area contributed by atoms with E-state index in [1.54, 1.807) is 29.8 Å². The van der Waals surface area contributed by atoms with Gasteiger partial charge < -0.3 is 9.88 Å². The van der Waals surface area contributed by atoms with Crippen LogP contribution < -0.4 is 10.6 Å². The second-order valence-electron chi connectivity index (χ2n) is 5.67. The van der Waals surface area contributed by atoms with Gasteiger partial charge in [-0.25, -0.2) is 4.98 Å². The smallest absolute Gasteiger partial charge is 0.270 e. The molecule has 9 nitrogen and oxygen atoms in total. The molecule has 3 rings (SSSR count). The number of nitrogens with one attached hydrogen (secondary N) is 2. The molecule has 138 valence electrons. The third kappa shape index (κ3) is 4.04. The molecule has 2 N–H and O–H groups in total. The first-order chi connectivity index (χ1) is 12.8. The van der Waals surface area contributed by atoms with E-state index in [4.69, 9.17) is 11.6 Å². The molecule has 2 aromatic carbocycles. The maximum Gasteiger partial charge on any atom is 0.270 e. The summed E-state index contributed by atoms with van der Waals surface area (Å²) in [5, 5.41) is 16.3. The largest absolute Gasteiger partial charge is 0.343 e. The SMILES string of the molecule is Cn1c(NC(=O)CNC(=O)c2cccc([N+](=O)[O-])c2)nc2cc(Cl)ccc21. The first kappa shape index (κ1) is 18.3. The number of benzene rings is 2. The van der Waals surface area contributed by atoms with Crippen molar-refractivity contribution in [2.75, 3.05) is 11.9 Å². The minimum Gasteiger partial charge on any atom is -0.343 e. The van der Waals surface area contributed by atoms with Gasteiger partial charge in [0.25, 0.3) is 11.6 Å². The number of hydrogen-bond acceptors (Lipinski definition) is 5. The van der Waals surface area contributed by atoms with Gasteiger partial charge in [0.1, 0.15) is 0 Å². The van der Waals surface area contributed by atoms with Gasteiger partial charge in [0.05, 0.1) is 22.5 Å². The highest BCUT2D eigenvalue weighted by molar-refractivity contribution is 6.31. The number of fused-ring (bicyclic) bond motifs is 1. The first-order valence-electron chi connectivity index (χ1n) is 7.79. The Labute approximate surface area is 158 Å². The predicted molar refractivity (Wildman–Crippen MR) is 99.8 cm³/mol. The van der Waals surface area contributed by atoms with Crippen molar-refractivity contribution in [2.24, 2.45) is 7.05 Å². The molecule has 1 heterocycles. The van der Waals surface area contributed by atoms with Crippen LogP contribution in [0.4, 0.5) is 11.6 Å². The van der Waals surface area contributed by atoms with Crippen molar-refractivity contribution in [1.82, 2.24) is 14.9 Å². The predicted octanol–water partition coefficient (Wildman–Crippen LogP) is 2.50. The molecule has 0 unspecified atom stereocenters. The van der Waals surface area contributed by atoms with Crippen molar-refractivity contribution in [1.29, 1.82) is 0 Å². The summed E-state index contributed by atoms with van der Waals surface area (Å²) in [6.45, 7) is -0.314. The molecule has 1 aromatic heterocycles. The van der Waals surface area contributed by atoms with Crippen LogP contribution in [0.5, 0.6) is 0 Å². The van der Waals surface area contributed by atoms with Crippen molar-refractivity contribution in [3.8, 4) is 0 Å². The number of imidazole rings is 1. The number of aromatic nitrogens is 2. The molecule has 0 spiro atoms. The maximum absolute atomic E-state index is 12.1. The third-order valence-corrected chi connectivity index (χ3v) is 4.06. The molecule has 0 radical (unpaired) electrons. The lowest BCUT2D eigenvalue weighted by molar-refractivity contribution is -0.384. The summed E-state index contributed by atoms with van der Waals surface area (Å²) in [4.78, 5) is 38.6. The van der Waals surface area contributed by atoms with Crippen LogP contribution >= 0.6 is 11.6 Å². The molecule has 0 aliphatic rings. The quantitative estimate of drug-likeness (QED) is 0.515. The Morgan fingerprint density at radius 1 is 1.26 bits per heavy atom. The van der Waals surface area contributed by atoms with E-state index in [-0.39, 0.29) is 17.8 Å². The van der Waals surface area contributed by atoms with Gasteiger partial charge in [0.2, 0.25) is 11.9 Å². The molecule has 0 fully saturated rings. The molecule has 0 saturated heterocycles. The zero-order chi connectivity index (χ0) is 19.6. The molecule has 3 aromatic rings. The van der Waals surface area contributed by atoms with Gasteiger partial charge in [-0.05, 0) is 24.3 Å². The average molecular weight is 388 g/mol. The zero-order valence-electron chi connectivity index (χ0n) is 14.1. The Bertz CT molecular complexity index is 1060. The topological polar surface area (TPSA) is 119 Å². The van der Waals surface area contributed by atoms with Crippen molar-refractivity contribution in [3.05, 3.63) is 63.2 Å². The number of nitrogens with zero attached hydrogens (tertiary/aromatic N) is 3. The number of halogens is 1.